The van der Waals surface area contributed by atoms with Crippen LogP contribution in [0.25, 0.3) is 0 Å². The molecule has 1 unspecified atom stereocenters. The molecule has 2 aromatic rings. The highest BCUT2D eigenvalue weighted by atomic mass is 16.5. The molecule has 4 nitrogen and oxygen atoms in total. The van der Waals surface area contributed by atoms with Gasteiger partial charge in [0.15, 0.2) is 11.5 Å². The van der Waals surface area contributed by atoms with Crippen molar-refractivity contribution < 1.29 is 9.47 Å². The largest absolute Gasteiger partial charge is 0.493 e. The van der Waals surface area contributed by atoms with E-state index in [-0.39, 0.29) is 6.04 Å². The third-order valence-electron chi connectivity index (χ3n) is 2.91. The molecular formula is C16H20N2O2. The Morgan fingerprint density at radius 3 is 2.70 bits per heavy atom. The Hall–Kier alpha value is -2.07. The standard InChI is InChI=1S/C16H20N2O2/c1-12(17)10-13-6-5-8-15(19-2)16(13)20-11-14-7-3-4-9-18-14/h3-9,12H,10-11,17H2,1-2H3. The lowest BCUT2D eigenvalue weighted by atomic mass is 10.1. The van der Waals surface area contributed by atoms with Gasteiger partial charge in [0.25, 0.3) is 0 Å². The van der Waals surface area contributed by atoms with E-state index in [9.17, 15) is 0 Å². The Labute approximate surface area is 119 Å². The molecule has 0 saturated heterocycles. The molecule has 20 heavy (non-hydrogen) atoms. The molecule has 0 aliphatic rings. The number of nitrogens with two attached hydrogens (primary N) is 1. The van der Waals surface area contributed by atoms with Crippen molar-refractivity contribution in [1.82, 2.24) is 4.98 Å². The van der Waals surface area contributed by atoms with Crippen LogP contribution in [-0.2, 0) is 13.0 Å². The summed E-state index contributed by atoms with van der Waals surface area (Å²) in [5.41, 5.74) is 7.81. The zero-order valence-electron chi connectivity index (χ0n) is 11.9. The molecule has 4 heteroatoms. The van der Waals surface area contributed by atoms with Crippen molar-refractivity contribution in [2.45, 2.75) is 26.0 Å². The van der Waals surface area contributed by atoms with E-state index in [0.717, 1.165) is 29.2 Å². The molecule has 0 aliphatic carbocycles. The van der Waals surface area contributed by atoms with E-state index in [0.29, 0.717) is 6.61 Å². The fourth-order valence-corrected chi connectivity index (χ4v) is 2.02. The number of rotatable bonds is 6. The molecule has 0 bridgehead atoms. The van der Waals surface area contributed by atoms with E-state index in [2.05, 4.69) is 4.98 Å². The average molecular weight is 272 g/mol. The Morgan fingerprint density at radius 1 is 1.20 bits per heavy atom. The minimum atomic E-state index is 0.0688. The highest BCUT2D eigenvalue weighted by Crippen LogP contribution is 2.32. The Balaban J connectivity index is 2.19. The van der Waals surface area contributed by atoms with E-state index in [1.807, 2.05) is 43.3 Å². The third-order valence-corrected chi connectivity index (χ3v) is 2.91. The molecule has 0 radical (unpaired) electrons. The highest BCUT2D eigenvalue weighted by Gasteiger charge is 2.12. The third kappa shape index (κ3) is 3.71. The second-order valence-electron chi connectivity index (χ2n) is 4.74. The van der Waals surface area contributed by atoms with Crippen LogP contribution in [-0.4, -0.2) is 18.1 Å². The molecule has 1 aromatic carbocycles. The molecule has 2 rings (SSSR count). The molecular weight excluding hydrogens is 252 g/mol. The average Bonchev–Trinajstić information content (AvgIpc) is 2.46. The molecule has 0 saturated carbocycles. The van der Waals surface area contributed by atoms with Crippen LogP contribution in [0.3, 0.4) is 0 Å². The maximum Gasteiger partial charge on any atom is 0.164 e. The number of aromatic nitrogens is 1. The van der Waals surface area contributed by atoms with Crippen molar-refractivity contribution in [1.29, 1.82) is 0 Å². The molecule has 0 aliphatic heterocycles. The van der Waals surface area contributed by atoms with Crippen LogP contribution in [0.2, 0.25) is 0 Å². The fourth-order valence-electron chi connectivity index (χ4n) is 2.02. The summed E-state index contributed by atoms with van der Waals surface area (Å²) in [6.07, 6.45) is 2.50. The summed E-state index contributed by atoms with van der Waals surface area (Å²) in [5.74, 6) is 1.47. The first-order valence-corrected chi connectivity index (χ1v) is 6.65. The van der Waals surface area contributed by atoms with Gasteiger partial charge in [0.1, 0.15) is 6.61 Å². The van der Waals surface area contributed by atoms with Crippen LogP contribution in [0.1, 0.15) is 18.2 Å². The van der Waals surface area contributed by atoms with Gasteiger partial charge in [0, 0.05) is 12.2 Å². The van der Waals surface area contributed by atoms with E-state index >= 15 is 0 Å². The summed E-state index contributed by atoms with van der Waals surface area (Å²) in [5, 5.41) is 0. The first-order valence-electron chi connectivity index (χ1n) is 6.65. The Kier molecular flexibility index (Phi) is 4.96. The van der Waals surface area contributed by atoms with Crippen LogP contribution >= 0.6 is 0 Å². The van der Waals surface area contributed by atoms with Crippen molar-refractivity contribution in [3.8, 4) is 11.5 Å². The van der Waals surface area contributed by atoms with Gasteiger partial charge >= 0.3 is 0 Å². The summed E-state index contributed by atoms with van der Waals surface area (Å²) in [7, 11) is 1.64. The van der Waals surface area contributed by atoms with Gasteiger partial charge in [-0.05, 0) is 37.1 Å². The van der Waals surface area contributed by atoms with Crippen LogP contribution in [0, 0.1) is 0 Å². The predicted octanol–water partition coefficient (Wildman–Crippen LogP) is 2.56. The molecule has 1 heterocycles. The molecule has 0 spiro atoms. The summed E-state index contributed by atoms with van der Waals surface area (Å²) in [6.45, 7) is 2.38. The number of ether oxygens (including phenoxy) is 2. The second-order valence-corrected chi connectivity index (χ2v) is 4.74. The first-order chi connectivity index (χ1) is 9.70. The molecule has 0 amide bonds. The van der Waals surface area contributed by atoms with Crippen LogP contribution in [0.15, 0.2) is 42.6 Å². The zero-order chi connectivity index (χ0) is 14.4. The Morgan fingerprint density at radius 2 is 2.05 bits per heavy atom. The minimum Gasteiger partial charge on any atom is -0.493 e. The summed E-state index contributed by atoms with van der Waals surface area (Å²) in [6, 6.07) is 11.7. The van der Waals surface area contributed by atoms with Gasteiger partial charge < -0.3 is 15.2 Å². The molecule has 1 aromatic heterocycles. The van der Waals surface area contributed by atoms with Crippen LogP contribution in [0.5, 0.6) is 11.5 Å². The van der Waals surface area contributed by atoms with Gasteiger partial charge in [-0.3, -0.25) is 4.98 Å². The monoisotopic (exact) mass is 272 g/mol. The van der Waals surface area contributed by atoms with Crippen molar-refractivity contribution in [3.63, 3.8) is 0 Å². The summed E-state index contributed by atoms with van der Waals surface area (Å²) >= 11 is 0. The predicted molar refractivity (Wildman–Crippen MR) is 78.9 cm³/mol. The SMILES string of the molecule is COc1cccc(CC(C)N)c1OCc1ccccn1. The van der Waals surface area contributed by atoms with Gasteiger partial charge in [0.05, 0.1) is 12.8 Å². The number of hydrogen-bond acceptors (Lipinski definition) is 4. The van der Waals surface area contributed by atoms with Crippen molar-refractivity contribution in [2.75, 3.05) is 7.11 Å². The van der Waals surface area contributed by atoms with E-state index in [1.165, 1.54) is 0 Å². The topological polar surface area (TPSA) is 57.4 Å². The van der Waals surface area contributed by atoms with Gasteiger partial charge in [-0.25, -0.2) is 0 Å². The lowest BCUT2D eigenvalue weighted by molar-refractivity contribution is 0.277. The fraction of sp³-hybridized carbons (Fsp3) is 0.312. The quantitative estimate of drug-likeness (QED) is 0.878. The van der Waals surface area contributed by atoms with E-state index in [1.54, 1.807) is 13.3 Å². The van der Waals surface area contributed by atoms with E-state index < -0.39 is 0 Å². The number of nitrogens with zero attached hydrogens (tertiary/aromatic N) is 1. The number of hydrogen-bond donors (Lipinski definition) is 1. The number of methoxy groups -OCH3 is 1. The number of benzene rings is 1. The maximum absolute atomic E-state index is 5.90. The number of pyridine rings is 1. The minimum absolute atomic E-state index is 0.0688. The summed E-state index contributed by atoms with van der Waals surface area (Å²) < 4.78 is 11.3. The highest BCUT2D eigenvalue weighted by molar-refractivity contribution is 5.47. The van der Waals surface area contributed by atoms with Gasteiger partial charge in [-0.15, -0.1) is 0 Å². The smallest absolute Gasteiger partial charge is 0.164 e. The van der Waals surface area contributed by atoms with Gasteiger partial charge in [-0.1, -0.05) is 18.2 Å². The second kappa shape index (κ2) is 6.91. The zero-order valence-corrected chi connectivity index (χ0v) is 11.9. The Bertz CT molecular complexity index is 541. The lowest BCUT2D eigenvalue weighted by Gasteiger charge is -2.16. The van der Waals surface area contributed by atoms with Crippen molar-refractivity contribution in [3.05, 3.63) is 53.9 Å². The molecule has 106 valence electrons. The molecule has 0 fully saturated rings. The van der Waals surface area contributed by atoms with Crippen molar-refractivity contribution >= 4 is 0 Å². The van der Waals surface area contributed by atoms with E-state index in [4.69, 9.17) is 15.2 Å². The molecule has 2 N–H and O–H groups in total. The van der Waals surface area contributed by atoms with Gasteiger partial charge in [-0.2, -0.15) is 0 Å². The maximum atomic E-state index is 5.90. The van der Waals surface area contributed by atoms with Crippen LogP contribution < -0.4 is 15.2 Å². The number of para-hydroxylation sites is 1. The van der Waals surface area contributed by atoms with Gasteiger partial charge in [0.2, 0.25) is 0 Å². The van der Waals surface area contributed by atoms with Crippen LogP contribution in [0.4, 0.5) is 0 Å². The molecule has 1 atom stereocenters. The van der Waals surface area contributed by atoms with Crippen molar-refractivity contribution in [2.24, 2.45) is 5.73 Å². The normalized spacial score (nSPS) is 11.9. The lowest BCUT2D eigenvalue weighted by Crippen LogP contribution is -2.18. The first kappa shape index (κ1) is 14.3. The summed E-state index contributed by atoms with van der Waals surface area (Å²) in [4.78, 5) is 4.25.